The summed E-state index contributed by atoms with van der Waals surface area (Å²) in [7, 11) is -3.87. The number of aryl methyl sites for hydroxylation is 1. The molecule has 0 aromatic heterocycles. The molecule has 40 heavy (non-hydrogen) atoms. The largest absolute Gasteiger partial charge is 0.279 e. The van der Waals surface area contributed by atoms with Crippen LogP contribution in [0, 0.1) is 6.92 Å². The maximum Gasteiger partial charge on any atom is 0.261 e. The zero-order valence-corrected chi connectivity index (χ0v) is 24.6. The monoisotopic (exact) mass is 579 g/mol. The summed E-state index contributed by atoms with van der Waals surface area (Å²) in [4.78, 5) is 0.210. The maximum atomic E-state index is 13.7. The van der Waals surface area contributed by atoms with Crippen LogP contribution >= 0.6 is 6.04 Å². The Morgan fingerprint density at radius 1 is 0.675 bits per heavy atom. The van der Waals surface area contributed by atoms with Crippen molar-refractivity contribution in [2.24, 2.45) is 0 Å². The van der Waals surface area contributed by atoms with Crippen LogP contribution in [0.5, 0.6) is 0 Å². The van der Waals surface area contributed by atoms with Crippen molar-refractivity contribution < 1.29 is 8.42 Å². The zero-order chi connectivity index (χ0) is 28.0. The van der Waals surface area contributed by atoms with Crippen molar-refractivity contribution in [1.82, 2.24) is 4.72 Å². The number of rotatable bonds is 9. The minimum absolute atomic E-state index is 0.210. The van der Waals surface area contributed by atoms with Gasteiger partial charge >= 0.3 is 0 Å². The standard InChI is InChI=1S/C34H30NO2PS2/c1-27-22-24-32(25-23-27)40(36,37)35-33(28-14-6-2-7-15-28)26-34(29-16-8-3-9-17-29)38(39,30-18-10-4-11-19-30)31-20-12-5-13-21-31/h2-26,34-35H,1H3/b33-26-/t34-/m1/s1. The Morgan fingerprint density at radius 2 is 1.12 bits per heavy atom. The van der Waals surface area contributed by atoms with Gasteiger partial charge in [0, 0.05) is 11.7 Å². The van der Waals surface area contributed by atoms with Gasteiger partial charge < -0.3 is 0 Å². The maximum absolute atomic E-state index is 13.7. The van der Waals surface area contributed by atoms with Gasteiger partial charge in [0.05, 0.1) is 10.6 Å². The Hall–Kier alpha value is -3.76. The zero-order valence-electron chi connectivity index (χ0n) is 22.1. The number of nitrogens with one attached hydrogen (secondary N) is 1. The lowest BCUT2D eigenvalue weighted by atomic mass is 10.1. The lowest BCUT2D eigenvalue weighted by molar-refractivity contribution is 0.591. The van der Waals surface area contributed by atoms with Gasteiger partial charge in [0.25, 0.3) is 10.0 Å². The third-order valence-corrected chi connectivity index (χ3v) is 13.5. The molecule has 0 aliphatic carbocycles. The van der Waals surface area contributed by atoms with E-state index in [0.29, 0.717) is 5.70 Å². The second kappa shape index (κ2) is 12.2. The SMILES string of the molecule is Cc1ccc(S(=O)(=O)N/C(=C\[C@H](c2ccccc2)P(=S)(c2ccccc2)c2ccccc2)c2ccccc2)cc1. The molecular formula is C34H30NO2PS2. The van der Waals surface area contributed by atoms with Gasteiger partial charge in [-0.1, -0.05) is 151 Å². The van der Waals surface area contributed by atoms with Gasteiger partial charge in [0.1, 0.15) is 0 Å². The summed E-state index contributed by atoms with van der Waals surface area (Å²) in [6, 6.07) is 44.5. The first-order chi connectivity index (χ1) is 19.4. The van der Waals surface area contributed by atoms with E-state index in [1.54, 1.807) is 24.3 Å². The predicted molar refractivity (Wildman–Crippen MR) is 172 cm³/mol. The smallest absolute Gasteiger partial charge is 0.261 e. The van der Waals surface area contributed by atoms with Crippen molar-refractivity contribution in [3.63, 3.8) is 0 Å². The van der Waals surface area contributed by atoms with Crippen LogP contribution in [0.1, 0.15) is 22.3 Å². The Labute approximate surface area is 242 Å². The van der Waals surface area contributed by atoms with E-state index in [1.807, 2.05) is 97.9 Å². The van der Waals surface area contributed by atoms with Crippen molar-refractivity contribution >= 4 is 44.2 Å². The average Bonchev–Trinajstić information content (AvgIpc) is 3.01. The fourth-order valence-corrected chi connectivity index (χ4v) is 10.2. The molecule has 200 valence electrons. The summed E-state index contributed by atoms with van der Waals surface area (Å²) in [5.74, 6) is 0. The molecular weight excluding hydrogens is 549 g/mol. The molecule has 0 spiro atoms. The van der Waals surface area contributed by atoms with Gasteiger partial charge in [0.15, 0.2) is 0 Å². The highest BCUT2D eigenvalue weighted by molar-refractivity contribution is 8.22. The van der Waals surface area contributed by atoms with E-state index in [1.165, 1.54) is 0 Å². The summed E-state index contributed by atoms with van der Waals surface area (Å²) in [5, 5.41) is 2.13. The Kier molecular flexibility index (Phi) is 8.46. The van der Waals surface area contributed by atoms with Crippen molar-refractivity contribution in [1.29, 1.82) is 0 Å². The van der Waals surface area contributed by atoms with Crippen LogP contribution in [0.25, 0.3) is 5.70 Å². The number of benzene rings is 5. The van der Waals surface area contributed by atoms with E-state index in [9.17, 15) is 8.42 Å². The molecule has 0 radical (unpaired) electrons. The molecule has 1 N–H and O–H groups in total. The second-order valence-corrected chi connectivity index (χ2v) is 15.9. The van der Waals surface area contributed by atoms with E-state index < -0.39 is 16.1 Å². The quantitative estimate of drug-likeness (QED) is 0.188. The summed E-state index contributed by atoms with van der Waals surface area (Å²) >= 11 is 6.75. The van der Waals surface area contributed by atoms with E-state index in [4.69, 9.17) is 11.8 Å². The highest BCUT2D eigenvalue weighted by atomic mass is 32.4. The predicted octanol–water partition coefficient (Wildman–Crippen LogP) is 7.19. The Morgan fingerprint density at radius 3 is 1.62 bits per heavy atom. The highest BCUT2D eigenvalue weighted by Gasteiger charge is 2.33. The Balaban J connectivity index is 1.75. The van der Waals surface area contributed by atoms with Gasteiger partial charge in [-0.25, -0.2) is 8.42 Å². The summed E-state index contributed by atoms with van der Waals surface area (Å²) in [5.41, 5.74) is 3.00. The molecule has 5 aromatic carbocycles. The molecule has 0 amide bonds. The minimum atomic E-state index is -3.87. The van der Waals surface area contributed by atoms with Gasteiger partial charge in [0.2, 0.25) is 0 Å². The molecule has 0 heterocycles. The van der Waals surface area contributed by atoms with Gasteiger partial charge in [-0.3, -0.25) is 4.72 Å². The highest BCUT2D eigenvalue weighted by Crippen LogP contribution is 2.58. The van der Waals surface area contributed by atoms with Gasteiger partial charge in [-0.2, -0.15) is 0 Å². The third kappa shape index (κ3) is 6.03. The van der Waals surface area contributed by atoms with Crippen LogP contribution in [0.2, 0.25) is 0 Å². The molecule has 0 unspecified atom stereocenters. The first kappa shape index (κ1) is 27.8. The summed E-state index contributed by atoms with van der Waals surface area (Å²) in [6.45, 7) is 1.93. The van der Waals surface area contributed by atoms with Crippen LogP contribution < -0.4 is 15.3 Å². The molecule has 0 bridgehead atoms. The van der Waals surface area contributed by atoms with Crippen molar-refractivity contribution in [2.75, 3.05) is 0 Å². The molecule has 0 fully saturated rings. The average molecular weight is 580 g/mol. The van der Waals surface area contributed by atoms with Crippen molar-refractivity contribution in [3.05, 3.63) is 168 Å². The molecule has 0 saturated heterocycles. The number of hydrogen-bond acceptors (Lipinski definition) is 3. The van der Waals surface area contributed by atoms with Gasteiger partial charge in [-0.05, 0) is 46.9 Å². The number of sulfonamides is 1. The van der Waals surface area contributed by atoms with Crippen molar-refractivity contribution in [2.45, 2.75) is 17.5 Å². The molecule has 3 nitrogen and oxygen atoms in total. The number of hydrogen-bond donors (Lipinski definition) is 1. The van der Waals surface area contributed by atoms with E-state index >= 15 is 0 Å². The summed E-state index contributed by atoms with van der Waals surface area (Å²) < 4.78 is 30.3. The Bertz CT molecular complexity index is 1700. The number of allylic oxidation sites excluding steroid dienone is 1. The second-order valence-electron chi connectivity index (χ2n) is 9.55. The molecule has 0 aliphatic heterocycles. The summed E-state index contributed by atoms with van der Waals surface area (Å²) in [6.07, 6.45) is 2.02. The minimum Gasteiger partial charge on any atom is -0.279 e. The first-order valence-corrected chi connectivity index (χ1v) is 17.4. The lowest BCUT2D eigenvalue weighted by Crippen LogP contribution is -2.25. The fourth-order valence-electron chi connectivity index (χ4n) is 4.72. The first-order valence-electron chi connectivity index (χ1n) is 13.0. The van der Waals surface area contributed by atoms with E-state index in [-0.39, 0.29) is 10.6 Å². The molecule has 5 aromatic rings. The van der Waals surface area contributed by atoms with Crippen LogP contribution in [-0.4, -0.2) is 8.42 Å². The third-order valence-electron chi connectivity index (χ3n) is 6.80. The van der Waals surface area contributed by atoms with Crippen LogP contribution in [0.4, 0.5) is 0 Å². The van der Waals surface area contributed by atoms with Crippen LogP contribution in [-0.2, 0) is 21.8 Å². The molecule has 1 atom stereocenters. The fraction of sp³-hybridized carbons (Fsp3) is 0.0588. The molecule has 5 rings (SSSR count). The van der Waals surface area contributed by atoms with E-state index in [0.717, 1.165) is 27.3 Å². The van der Waals surface area contributed by atoms with Gasteiger partial charge in [-0.15, -0.1) is 0 Å². The van der Waals surface area contributed by atoms with Crippen LogP contribution in [0.3, 0.4) is 0 Å². The van der Waals surface area contributed by atoms with Crippen LogP contribution in [0.15, 0.2) is 157 Å². The van der Waals surface area contributed by atoms with Crippen molar-refractivity contribution in [3.8, 4) is 0 Å². The molecule has 0 saturated carbocycles. The van der Waals surface area contributed by atoms with E-state index in [2.05, 4.69) is 41.1 Å². The lowest BCUT2D eigenvalue weighted by Gasteiger charge is -2.32. The molecule has 6 heteroatoms. The molecule has 0 aliphatic rings. The topological polar surface area (TPSA) is 46.2 Å². The normalized spacial score (nSPS) is 13.0.